The van der Waals surface area contributed by atoms with Crippen LogP contribution in [-0.2, 0) is 4.79 Å². The molecule has 1 atom stereocenters. The van der Waals surface area contributed by atoms with Crippen LogP contribution in [0.4, 0.5) is 5.82 Å². The van der Waals surface area contributed by atoms with Gasteiger partial charge in [-0.25, -0.2) is 0 Å². The zero-order valence-electron chi connectivity index (χ0n) is 14.9. The SMILES string of the molecule is Cc1ccc([C@@H]2CC(=O)Nc3c2c(C)nn3-c2ccc3nncn3n2)cc1. The van der Waals surface area contributed by atoms with E-state index in [9.17, 15) is 4.79 Å². The third-order valence-electron chi connectivity index (χ3n) is 4.95. The van der Waals surface area contributed by atoms with E-state index in [0.717, 1.165) is 16.8 Å². The zero-order chi connectivity index (χ0) is 18.5. The molecule has 0 aliphatic carbocycles. The zero-order valence-corrected chi connectivity index (χ0v) is 14.9. The van der Waals surface area contributed by atoms with Crippen LogP contribution in [0.5, 0.6) is 0 Å². The molecule has 0 radical (unpaired) electrons. The first kappa shape index (κ1) is 15.7. The summed E-state index contributed by atoms with van der Waals surface area (Å²) in [5.74, 6) is 1.21. The van der Waals surface area contributed by atoms with E-state index in [1.165, 1.54) is 11.9 Å². The number of aromatic nitrogens is 6. The molecule has 8 heteroatoms. The monoisotopic (exact) mass is 359 g/mol. The Balaban J connectivity index is 1.67. The fourth-order valence-corrected chi connectivity index (χ4v) is 3.63. The fraction of sp³-hybridized carbons (Fsp3) is 0.211. The second-order valence-corrected chi connectivity index (χ2v) is 6.80. The Morgan fingerprint density at radius 3 is 2.70 bits per heavy atom. The van der Waals surface area contributed by atoms with Gasteiger partial charge in [-0.05, 0) is 31.5 Å². The fourth-order valence-electron chi connectivity index (χ4n) is 3.63. The van der Waals surface area contributed by atoms with Crippen molar-refractivity contribution in [1.29, 1.82) is 0 Å². The van der Waals surface area contributed by atoms with Crippen LogP contribution < -0.4 is 5.32 Å². The highest BCUT2D eigenvalue weighted by Crippen LogP contribution is 2.39. The molecule has 1 N–H and O–H groups in total. The lowest BCUT2D eigenvalue weighted by molar-refractivity contribution is -0.116. The average Bonchev–Trinajstić information content (AvgIpc) is 3.25. The van der Waals surface area contributed by atoms with Crippen molar-refractivity contribution in [3.63, 3.8) is 0 Å². The third-order valence-corrected chi connectivity index (χ3v) is 4.95. The molecule has 27 heavy (non-hydrogen) atoms. The lowest BCUT2D eigenvalue weighted by Crippen LogP contribution is -2.25. The first-order chi connectivity index (χ1) is 13.1. The number of amides is 1. The van der Waals surface area contributed by atoms with Crippen LogP contribution in [-0.4, -0.2) is 35.5 Å². The summed E-state index contributed by atoms with van der Waals surface area (Å²) in [7, 11) is 0. The molecule has 3 aromatic heterocycles. The van der Waals surface area contributed by atoms with Gasteiger partial charge < -0.3 is 5.32 Å². The largest absolute Gasteiger partial charge is 0.310 e. The Hall–Kier alpha value is -3.55. The molecule has 0 fully saturated rings. The number of aryl methyl sites for hydroxylation is 2. The number of rotatable bonds is 2. The van der Waals surface area contributed by atoms with Crippen molar-refractivity contribution in [2.24, 2.45) is 0 Å². The molecule has 1 amide bonds. The number of hydrogen-bond donors (Lipinski definition) is 1. The van der Waals surface area contributed by atoms with Crippen molar-refractivity contribution >= 4 is 17.4 Å². The lowest BCUT2D eigenvalue weighted by atomic mass is 9.85. The van der Waals surface area contributed by atoms with E-state index in [2.05, 4.69) is 56.9 Å². The highest BCUT2D eigenvalue weighted by atomic mass is 16.1. The van der Waals surface area contributed by atoms with E-state index in [0.29, 0.717) is 23.7 Å². The molecule has 0 saturated carbocycles. The molecule has 0 unspecified atom stereocenters. The van der Waals surface area contributed by atoms with Gasteiger partial charge in [0.05, 0.1) is 5.69 Å². The number of anilines is 1. The van der Waals surface area contributed by atoms with E-state index in [-0.39, 0.29) is 11.8 Å². The minimum atomic E-state index is -0.0281. The molecule has 0 bridgehead atoms. The molecule has 0 spiro atoms. The van der Waals surface area contributed by atoms with Crippen molar-refractivity contribution in [3.05, 3.63) is 65.1 Å². The number of carbonyl (C=O) groups excluding carboxylic acids is 1. The molecule has 0 saturated heterocycles. The van der Waals surface area contributed by atoms with Gasteiger partial charge in [0, 0.05) is 17.9 Å². The van der Waals surface area contributed by atoms with Crippen LogP contribution in [0.1, 0.15) is 34.7 Å². The van der Waals surface area contributed by atoms with Gasteiger partial charge in [-0.3, -0.25) is 4.79 Å². The van der Waals surface area contributed by atoms with E-state index >= 15 is 0 Å². The van der Waals surface area contributed by atoms with Crippen LogP contribution in [0.2, 0.25) is 0 Å². The van der Waals surface area contributed by atoms with Gasteiger partial charge in [-0.1, -0.05) is 29.8 Å². The smallest absolute Gasteiger partial charge is 0.226 e. The molecule has 134 valence electrons. The summed E-state index contributed by atoms with van der Waals surface area (Å²) >= 11 is 0. The van der Waals surface area contributed by atoms with Crippen LogP contribution in [0.15, 0.2) is 42.7 Å². The Morgan fingerprint density at radius 2 is 1.89 bits per heavy atom. The summed E-state index contributed by atoms with van der Waals surface area (Å²) in [6, 6.07) is 12.0. The van der Waals surface area contributed by atoms with Gasteiger partial charge >= 0.3 is 0 Å². The highest BCUT2D eigenvalue weighted by molar-refractivity contribution is 5.95. The van der Waals surface area contributed by atoms with Crippen molar-refractivity contribution in [2.75, 3.05) is 5.32 Å². The highest BCUT2D eigenvalue weighted by Gasteiger charge is 2.32. The number of benzene rings is 1. The van der Waals surface area contributed by atoms with Gasteiger partial charge in [-0.2, -0.15) is 14.3 Å². The van der Waals surface area contributed by atoms with Crippen molar-refractivity contribution < 1.29 is 4.79 Å². The Bertz CT molecular complexity index is 1170. The number of hydrogen-bond acceptors (Lipinski definition) is 5. The molecule has 4 heterocycles. The Kier molecular flexibility index (Phi) is 3.33. The quantitative estimate of drug-likeness (QED) is 0.593. The van der Waals surface area contributed by atoms with Crippen LogP contribution >= 0.6 is 0 Å². The van der Waals surface area contributed by atoms with Crippen molar-refractivity contribution in [3.8, 4) is 5.82 Å². The van der Waals surface area contributed by atoms with Gasteiger partial charge in [0.15, 0.2) is 11.5 Å². The minimum absolute atomic E-state index is 0.0262. The Labute approximate surface area is 154 Å². The first-order valence-electron chi connectivity index (χ1n) is 8.73. The average molecular weight is 359 g/mol. The number of nitrogens with zero attached hydrogens (tertiary/aromatic N) is 6. The number of nitrogens with one attached hydrogen (secondary N) is 1. The van der Waals surface area contributed by atoms with Crippen LogP contribution in [0.25, 0.3) is 11.5 Å². The summed E-state index contributed by atoms with van der Waals surface area (Å²) in [5.41, 5.74) is 4.86. The van der Waals surface area contributed by atoms with Crippen molar-refractivity contribution in [2.45, 2.75) is 26.2 Å². The van der Waals surface area contributed by atoms with Crippen LogP contribution in [0.3, 0.4) is 0 Å². The molecule has 8 nitrogen and oxygen atoms in total. The predicted octanol–water partition coefficient (Wildman–Crippen LogP) is 2.40. The van der Waals surface area contributed by atoms with Crippen molar-refractivity contribution in [1.82, 2.24) is 29.6 Å². The molecular weight excluding hydrogens is 342 g/mol. The lowest BCUT2D eigenvalue weighted by Gasteiger charge is -2.24. The maximum Gasteiger partial charge on any atom is 0.226 e. The van der Waals surface area contributed by atoms with Gasteiger partial charge in [0.1, 0.15) is 12.1 Å². The predicted molar refractivity (Wildman–Crippen MR) is 98.9 cm³/mol. The third kappa shape index (κ3) is 2.49. The van der Waals surface area contributed by atoms with Crippen LogP contribution in [0, 0.1) is 13.8 Å². The maximum atomic E-state index is 12.4. The Morgan fingerprint density at radius 1 is 1.07 bits per heavy atom. The summed E-state index contributed by atoms with van der Waals surface area (Å²) < 4.78 is 3.27. The van der Waals surface area contributed by atoms with Gasteiger partial charge in [0.2, 0.25) is 5.91 Å². The first-order valence-corrected chi connectivity index (χ1v) is 8.73. The molecular formula is C19H17N7O. The summed E-state index contributed by atoms with van der Waals surface area (Å²) in [5, 5.41) is 20.0. The molecule has 1 aliphatic rings. The van der Waals surface area contributed by atoms with E-state index in [1.807, 2.05) is 19.1 Å². The second kappa shape index (κ2) is 5.73. The summed E-state index contributed by atoms with van der Waals surface area (Å²) in [4.78, 5) is 12.4. The summed E-state index contributed by atoms with van der Waals surface area (Å²) in [6.45, 7) is 4.02. The van der Waals surface area contributed by atoms with Gasteiger partial charge in [-0.15, -0.1) is 15.3 Å². The number of fused-ring (bicyclic) bond motifs is 2. The molecule has 1 aliphatic heterocycles. The summed E-state index contributed by atoms with van der Waals surface area (Å²) in [6.07, 6.45) is 1.94. The second-order valence-electron chi connectivity index (χ2n) is 6.80. The normalized spacial score (nSPS) is 16.4. The van der Waals surface area contributed by atoms with E-state index in [4.69, 9.17) is 0 Å². The molecule has 4 aromatic rings. The van der Waals surface area contributed by atoms with Gasteiger partial charge in [0.25, 0.3) is 0 Å². The topological polar surface area (TPSA) is 90.0 Å². The van der Waals surface area contributed by atoms with E-state index < -0.39 is 0 Å². The minimum Gasteiger partial charge on any atom is -0.310 e. The molecule has 1 aromatic carbocycles. The maximum absolute atomic E-state index is 12.4. The number of carbonyl (C=O) groups is 1. The standard InChI is InChI=1S/C19H17N7O/c1-11-3-5-13(6-4-11)14-9-17(27)21-19-18(14)12(2)23-26(19)16-8-7-15-22-20-10-25(15)24-16/h3-8,10,14H,9H2,1-2H3,(H,21,27)/t14-/m0/s1. The van der Waals surface area contributed by atoms with E-state index in [1.54, 1.807) is 9.20 Å². The molecule has 5 rings (SSSR count).